The van der Waals surface area contributed by atoms with Crippen molar-refractivity contribution in [2.75, 3.05) is 0 Å². The van der Waals surface area contributed by atoms with Gasteiger partial charge in [-0.25, -0.2) is 0 Å². The molecule has 0 aliphatic heterocycles. The van der Waals surface area contributed by atoms with Gasteiger partial charge in [0.15, 0.2) is 0 Å². The van der Waals surface area contributed by atoms with Gasteiger partial charge in [-0.15, -0.1) is 0 Å². The van der Waals surface area contributed by atoms with Crippen LogP contribution in [0.2, 0.25) is 0 Å². The van der Waals surface area contributed by atoms with Crippen LogP contribution in [0.5, 0.6) is 5.75 Å². The first-order valence-electron chi connectivity index (χ1n) is 7.22. The quantitative estimate of drug-likeness (QED) is 0.654. The van der Waals surface area contributed by atoms with E-state index in [2.05, 4.69) is 11.9 Å². The maximum Gasteiger partial charge on any atom is 0.123 e. The fourth-order valence-corrected chi connectivity index (χ4v) is 2.36. The Morgan fingerprint density at radius 2 is 1.59 bits per heavy atom. The second-order valence-electron chi connectivity index (χ2n) is 5.19. The largest absolute Gasteiger partial charge is 0.507 e. The fraction of sp³-hybridized carbons (Fsp3) is 0.0500. The average molecular weight is 287 g/mol. The summed E-state index contributed by atoms with van der Waals surface area (Å²) in [6, 6.07) is 19.5. The molecule has 1 N–H and O–H groups in total. The molecule has 0 aliphatic rings. The lowest BCUT2D eigenvalue weighted by Gasteiger charge is -2.03. The zero-order chi connectivity index (χ0) is 15.4. The Hall–Kier alpha value is -2.87. The van der Waals surface area contributed by atoms with E-state index < -0.39 is 0 Å². The van der Waals surface area contributed by atoms with Gasteiger partial charge in [-0.2, -0.15) is 0 Å². The van der Waals surface area contributed by atoms with E-state index >= 15 is 0 Å². The third-order valence-electron chi connectivity index (χ3n) is 3.55. The summed E-state index contributed by atoms with van der Waals surface area (Å²) in [6.45, 7) is 2.06. The highest BCUT2D eigenvalue weighted by Gasteiger charge is 2.01. The number of hydrogen-bond acceptors (Lipinski definition) is 2. The molecule has 0 saturated heterocycles. The summed E-state index contributed by atoms with van der Waals surface area (Å²) >= 11 is 0. The highest BCUT2D eigenvalue weighted by atomic mass is 16.3. The van der Waals surface area contributed by atoms with Crippen LogP contribution in [0.3, 0.4) is 0 Å². The van der Waals surface area contributed by atoms with Crippen molar-refractivity contribution in [1.29, 1.82) is 0 Å². The lowest BCUT2D eigenvalue weighted by atomic mass is 10.0. The second-order valence-corrected chi connectivity index (χ2v) is 5.19. The lowest BCUT2D eigenvalue weighted by molar-refractivity contribution is 0.481. The molecule has 0 spiro atoms. The summed E-state index contributed by atoms with van der Waals surface area (Å²) in [5.74, 6) is 0.307. The molecule has 3 aromatic carbocycles. The van der Waals surface area contributed by atoms with Gasteiger partial charge in [0.1, 0.15) is 5.75 Å². The van der Waals surface area contributed by atoms with Crippen molar-refractivity contribution < 1.29 is 5.11 Å². The average Bonchev–Trinajstić information content (AvgIpc) is 2.55. The van der Waals surface area contributed by atoms with Crippen LogP contribution in [0.4, 0.5) is 5.69 Å². The van der Waals surface area contributed by atoms with Crippen molar-refractivity contribution in [3.63, 3.8) is 0 Å². The minimum absolute atomic E-state index is 0.307. The van der Waals surface area contributed by atoms with Crippen LogP contribution in [0.25, 0.3) is 16.8 Å². The topological polar surface area (TPSA) is 32.6 Å². The minimum atomic E-state index is 0.307. The summed E-state index contributed by atoms with van der Waals surface area (Å²) in [7, 11) is 0. The van der Waals surface area contributed by atoms with Gasteiger partial charge in [0.05, 0.1) is 5.69 Å². The smallest absolute Gasteiger partial charge is 0.123 e. The molecule has 108 valence electrons. The minimum Gasteiger partial charge on any atom is -0.507 e. The van der Waals surface area contributed by atoms with Gasteiger partial charge in [-0.3, -0.25) is 4.99 Å². The second kappa shape index (κ2) is 6.27. The SMILES string of the molecule is Cc1ccc(N=CC=Cc2ccc(O)c3ccccc23)cc1. The summed E-state index contributed by atoms with van der Waals surface area (Å²) in [4.78, 5) is 4.40. The van der Waals surface area contributed by atoms with Crippen LogP contribution in [0, 0.1) is 6.92 Å². The first-order chi connectivity index (χ1) is 10.7. The van der Waals surface area contributed by atoms with E-state index in [0.29, 0.717) is 5.75 Å². The number of aryl methyl sites for hydroxylation is 1. The Kier molecular flexibility index (Phi) is 4.01. The van der Waals surface area contributed by atoms with Gasteiger partial charge in [0.2, 0.25) is 0 Å². The van der Waals surface area contributed by atoms with E-state index in [9.17, 15) is 5.11 Å². The Morgan fingerprint density at radius 1 is 0.864 bits per heavy atom. The van der Waals surface area contributed by atoms with Gasteiger partial charge in [-0.05, 0) is 42.1 Å². The van der Waals surface area contributed by atoms with Gasteiger partial charge >= 0.3 is 0 Å². The molecule has 22 heavy (non-hydrogen) atoms. The van der Waals surface area contributed by atoms with Crippen LogP contribution < -0.4 is 0 Å². The highest BCUT2D eigenvalue weighted by molar-refractivity contribution is 5.96. The van der Waals surface area contributed by atoms with Crippen LogP contribution in [-0.2, 0) is 0 Å². The number of aromatic hydroxyl groups is 1. The molecular weight excluding hydrogens is 270 g/mol. The number of phenols is 1. The Balaban J connectivity index is 1.84. The lowest BCUT2D eigenvalue weighted by Crippen LogP contribution is -1.79. The summed E-state index contributed by atoms with van der Waals surface area (Å²) in [5.41, 5.74) is 3.22. The van der Waals surface area contributed by atoms with Crippen molar-refractivity contribution >= 4 is 28.8 Å². The number of hydrogen-bond donors (Lipinski definition) is 1. The standard InChI is InChI=1S/C20H17NO/c1-15-8-11-17(12-9-15)21-14-4-5-16-10-13-20(22)19-7-3-2-6-18(16)19/h2-14,22H,1H3. The van der Waals surface area contributed by atoms with Crippen LogP contribution in [0.15, 0.2) is 71.7 Å². The van der Waals surface area contributed by atoms with E-state index in [1.165, 1.54) is 5.56 Å². The van der Waals surface area contributed by atoms with Crippen molar-refractivity contribution in [2.45, 2.75) is 6.92 Å². The van der Waals surface area contributed by atoms with Gasteiger partial charge in [0, 0.05) is 11.6 Å². The molecule has 0 saturated carbocycles. The molecule has 0 aromatic heterocycles. The van der Waals surface area contributed by atoms with E-state index in [4.69, 9.17) is 0 Å². The van der Waals surface area contributed by atoms with Crippen LogP contribution in [-0.4, -0.2) is 11.3 Å². The Bertz CT molecular complexity index is 845. The zero-order valence-electron chi connectivity index (χ0n) is 12.4. The Morgan fingerprint density at radius 3 is 2.36 bits per heavy atom. The van der Waals surface area contributed by atoms with E-state index in [1.807, 2.05) is 66.7 Å². The first kappa shape index (κ1) is 14.1. The molecular formula is C20H17NO. The molecule has 0 radical (unpaired) electrons. The number of aliphatic imine (C=N–C) groups is 1. The zero-order valence-corrected chi connectivity index (χ0v) is 12.4. The Labute approximate surface area is 130 Å². The van der Waals surface area contributed by atoms with Crippen molar-refractivity contribution in [3.8, 4) is 5.75 Å². The van der Waals surface area contributed by atoms with Crippen LogP contribution >= 0.6 is 0 Å². The monoisotopic (exact) mass is 287 g/mol. The van der Waals surface area contributed by atoms with E-state index in [-0.39, 0.29) is 0 Å². The molecule has 2 nitrogen and oxygen atoms in total. The first-order valence-corrected chi connectivity index (χ1v) is 7.22. The number of rotatable bonds is 3. The molecule has 2 heteroatoms. The maximum absolute atomic E-state index is 9.89. The van der Waals surface area contributed by atoms with E-state index in [0.717, 1.165) is 22.0 Å². The molecule has 0 unspecified atom stereocenters. The van der Waals surface area contributed by atoms with Gasteiger partial charge in [-0.1, -0.05) is 54.1 Å². The molecule has 3 rings (SSSR count). The number of phenolic OH excluding ortho intramolecular Hbond substituents is 1. The normalized spacial score (nSPS) is 11.7. The summed E-state index contributed by atoms with van der Waals surface area (Å²) in [6.07, 6.45) is 5.70. The van der Waals surface area contributed by atoms with Crippen LogP contribution in [0.1, 0.15) is 11.1 Å². The molecule has 0 bridgehead atoms. The predicted molar refractivity (Wildman–Crippen MR) is 94.0 cm³/mol. The molecule has 0 aliphatic carbocycles. The fourth-order valence-electron chi connectivity index (χ4n) is 2.36. The summed E-state index contributed by atoms with van der Waals surface area (Å²) < 4.78 is 0. The predicted octanol–water partition coefficient (Wildman–Crippen LogP) is 5.27. The van der Waals surface area contributed by atoms with Gasteiger partial charge < -0.3 is 5.11 Å². The number of allylic oxidation sites excluding steroid dienone is 1. The highest BCUT2D eigenvalue weighted by Crippen LogP contribution is 2.27. The number of benzene rings is 3. The van der Waals surface area contributed by atoms with Crippen molar-refractivity contribution in [1.82, 2.24) is 0 Å². The van der Waals surface area contributed by atoms with Gasteiger partial charge in [0.25, 0.3) is 0 Å². The molecule has 3 aromatic rings. The maximum atomic E-state index is 9.89. The molecule has 0 atom stereocenters. The van der Waals surface area contributed by atoms with E-state index in [1.54, 1.807) is 12.3 Å². The molecule has 0 amide bonds. The third kappa shape index (κ3) is 3.07. The molecule has 0 fully saturated rings. The van der Waals surface area contributed by atoms with Crippen molar-refractivity contribution in [2.24, 2.45) is 4.99 Å². The number of fused-ring (bicyclic) bond motifs is 1. The molecule has 0 heterocycles. The number of nitrogens with zero attached hydrogens (tertiary/aromatic N) is 1. The summed E-state index contributed by atoms with van der Waals surface area (Å²) in [5, 5.41) is 11.8. The third-order valence-corrected chi connectivity index (χ3v) is 3.55. The van der Waals surface area contributed by atoms with Crippen molar-refractivity contribution in [3.05, 3.63) is 77.9 Å².